The lowest BCUT2D eigenvalue weighted by atomic mass is 10.0. The third-order valence-electron chi connectivity index (χ3n) is 3.53. The van der Waals surface area contributed by atoms with E-state index >= 15 is 0 Å². The minimum absolute atomic E-state index is 0.165. The summed E-state index contributed by atoms with van der Waals surface area (Å²) in [6.07, 6.45) is 1.71. The third kappa shape index (κ3) is 5.22. The van der Waals surface area contributed by atoms with Gasteiger partial charge in [-0.1, -0.05) is 6.92 Å². The summed E-state index contributed by atoms with van der Waals surface area (Å²) >= 11 is 0. The molecule has 5 nitrogen and oxygen atoms in total. The van der Waals surface area contributed by atoms with E-state index in [1.54, 1.807) is 6.92 Å². The molecule has 6 heteroatoms. The Bertz CT molecular complexity index is 332. The van der Waals surface area contributed by atoms with Crippen molar-refractivity contribution in [1.82, 2.24) is 10.2 Å². The fourth-order valence-electron chi connectivity index (χ4n) is 2.24. The Morgan fingerprint density at radius 1 is 1.50 bits per heavy atom. The van der Waals surface area contributed by atoms with Crippen molar-refractivity contribution in [2.45, 2.75) is 31.9 Å². The molecule has 0 aromatic rings. The molecule has 0 aliphatic carbocycles. The highest BCUT2D eigenvalue weighted by molar-refractivity contribution is 7.91. The molecule has 0 bridgehead atoms. The number of morpholine rings is 1. The van der Waals surface area contributed by atoms with Gasteiger partial charge in [-0.2, -0.15) is 0 Å². The van der Waals surface area contributed by atoms with Crippen LogP contribution in [0.5, 0.6) is 0 Å². The molecule has 108 valence electrons. The van der Waals surface area contributed by atoms with Crippen LogP contribution in [0.15, 0.2) is 0 Å². The highest BCUT2D eigenvalue weighted by Gasteiger charge is 2.25. The van der Waals surface area contributed by atoms with Crippen molar-refractivity contribution in [1.29, 1.82) is 0 Å². The average Bonchev–Trinajstić information content (AvgIpc) is 2.34. The second kappa shape index (κ2) is 7.43. The van der Waals surface area contributed by atoms with Crippen LogP contribution in [0.3, 0.4) is 0 Å². The quantitative estimate of drug-likeness (QED) is 0.717. The molecule has 0 radical (unpaired) electrons. The second-order valence-corrected chi connectivity index (χ2v) is 7.42. The molecule has 0 amide bonds. The van der Waals surface area contributed by atoms with E-state index in [1.807, 2.05) is 7.05 Å². The van der Waals surface area contributed by atoms with Gasteiger partial charge in [0.05, 0.1) is 18.5 Å². The van der Waals surface area contributed by atoms with Crippen LogP contribution in [0, 0.1) is 0 Å². The molecule has 2 atom stereocenters. The van der Waals surface area contributed by atoms with Gasteiger partial charge in [0.2, 0.25) is 0 Å². The summed E-state index contributed by atoms with van der Waals surface area (Å²) in [6, 6.07) is 0.236. The summed E-state index contributed by atoms with van der Waals surface area (Å²) in [5.41, 5.74) is 0. The SMILES string of the molecule is CCS(=O)(=O)CCCC(NC)C1CN(C)CCO1. The molecule has 0 saturated carbocycles. The van der Waals surface area contributed by atoms with E-state index in [-0.39, 0.29) is 23.7 Å². The van der Waals surface area contributed by atoms with Gasteiger partial charge < -0.3 is 15.0 Å². The lowest BCUT2D eigenvalue weighted by molar-refractivity contribution is -0.0387. The molecule has 1 aliphatic heterocycles. The predicted octanol–water partition coefficient (Wildman–Crippen LogP) is 0.120. The Morgan fingerprint density at radius 2 is 2.22 bits per heavy atom. The van der Waals surface area contributed by atoms with Crippen molar-refractivity contribution < 1.29 is 13.2 Å². The molecule has 1 aliphatic rings. The van der Waals surface area contributed by atoms with Gasteiger partial charge in [-0.05, 0) is 26.9 Å². The Hall–Kier alpha value is -0.170. The molecule has 2 unspecified atom stereocenters. The van der Waals surface area contributed by atoms with Gasteiger partial charge in [-0.3, -0.25) is 0 Å². The molecule has 1 fully saturated rings. The van der Waals surface area contributed by atoms with Crippen LogP contribution in [-0.2, 0) is 14.6 Å². The highest BCUT2D eigenvalue weighted by atomic mass is 32.2. The number of hydrogen-bond acceptors (Lipinski definition) is 5. The second-order valence-electron chi connectivity index (χ2n) is 4.95. The summed E-state index contributed by atoms with van der Waals surface area (Å²) in [4.78, 5) is 2.25. The summed E-state index contributed by atoms with van der Waals surface area (Å²) < 4.78 is 28.6. The number of hydrogen-bond donors (Lipinski definition) is 1. The first kappa shape index (κ1) is 15.9. The predicted molar refractivity (Wildman–Crippen MR) is 73.6 cm³/mol. The summed E-state index contributed by atoms with van der Waals surface area (Å²) in [5, 5.41) is 3.25. The fourth-order valence-corrected chi connectivity index (χ4v) is 3.13. The van der Waals surface area contributed by atoms with Crippen LogP contribution in [0.2, 0.25) is 0 Å². The van der Waals surface area contributed by atoms with Gasteiger partial charge in [0.25, 0.3) is 0 Å². The van der Waals surface area contributed by atoms with Crippen molar-refractivity contribution in [2.24, 2.45) is 0 Å². The number of rotatable bonds is 7. The molecule has 0 spiro atoms. The molecule has 0 aromatic carbocycles. The van der Waals surface area contributed by atoms with Crippen LogP contribution in [0.25, 0.3) is 0 Å². The maximum atomic E-state index is 11.4. The third-order valence-corrected chi connectivity index (χ3v) is 5.32. The fraction of sp³-hybridized carbons (Fsp3) is 1.00. The van der Waals surface area contributed by atoms with E-state index in [1.165, 1.54) is 0 Å². The highest BCUT2D eigenvalue weighted by Crippen LogP contribution is 2.12. The van der Waals surface area contributed by atoms with Gasteiger partial charge in [0.1, 0.15) is 9.84 Å². The van der Waals surface area contributed by atoms with E-state index in [9.17, 15) is 8.42 Å². The molecule has 1 rings (SSSR count). The lowest BCUT2D eigenvalue weighted by Crippen LogP contribution is -2.50. The molecule has 1 N–H and O–H groups in total. The lowest BCUT2D eigenvalue weighted by Gasteiger charge is -2.35. The van der Waals surface area contributed by atoms with Crippen LogP contribution in [0.1, 0.15) is 19.8 Å². The molecule has 1 saturated heterocycles. The van der Waals surface area contributed by atoms with E-state index in [4.69, 9.17) is 4.74 Å². The normalized spacial score (nSPS) is 24.1. The van der Waals surface area contributed by atoms with Crippen molar-refractivity contribution in [3.8, 4) is 0 Å². The van der Waals surface area contributed by atoms with Crippen molar-refractivity contribution in [3.05, 3.63) is 0 Å². The smallest absolute Gasteiger partial charge is 0.150 e. The van der Waals surface area contributed by atoms with E-state index in [0.29, 0.717) is 6.42 Å². The van der Waals surface area contributed by atoms with Crippen molar-refractivity contribution >= 4 is 9.84 Å². The molecule has 18 heavy (non-hydrogen) atoms. The average molecular weight is 278 g/mol. The zero-order chi connectivity index (χ0) is 13.6. The van der Waals surface area contributed by atoms with Gasteiger partial charge >= 0.3 is 0 Å². The summed E-state index contributed by atoms with van der Waals surface area (Å²) in [5.74, 6) is 0.518. The van der Waals surface area contributed by atoms with Crippen LogP contribution in [0.4, 0.5) is 0 Å². The van der Waals surface area contributed by atoms with E-state index in [2.05, 4.69) is 17.3 Å². The minimum atomic E-state index is -2.84. The Balaban J connectivity index is 2.37. The Labute approximate surface area is 111 Å². The van der Waals surface area contributed by atoms with E-state index in [0.717, 1.165) is 26.1 Å². The molecular weight excluding hydrogens is 252 g/mol. The summed E-state index contributed by atoms with van der Waals surface area (Å²) in [6.45, 7) is 4.33. The monoisotopic (exact) mass is 278 g/mol. The zero-order valence-corrected chi connectivity index (χ0v) is 12.5. The first-order valence-electron chi connectivity index (χ1n) is 6.66. The zero-order valence-electron chi connectivity index (χ0n) is 11.7. The van der Waals surface area contributed by atoms with Crippen molar-refractivity contribution in [2.75, 3.05) is 45.3 Å². The number of nitrogens with zero attached hydrogens (tertiary/aromatic N) is 1. The maximum Gasteiger partial charge on any atom is 0.150 e. The molecule has 1 heterocycles. The first-order valence-corrected chi connectivity index (χ1v) is 8.48. The Morgan fingerprint density at radius 3 is 2.78 bits per heavy atom. The Kier molecular flexibility index (Phi) is 6.55. The molecule has 0 aromatic heterocycles. The topological polar surface area (TPSA) is 58.6 Å². The van der Waals surface area contributed by atoms with E-state index < -0.39 is 9.84 Å². The largest absolute Gasteiger partial charge is 0.374 e. The minimum Gasteiger partial charge on any atom is -0.374 e. The van der Waals surface area contributed by atoms with Crippen molar-refractivity contribution in [3.63, 3.8) is 0 Å². The number of nitrogens with one attached hydrogen (secondary N) is 1. The van der Waals surface area contributed by atoms with Gasteiger partial charge in [0.15, 0.2) is 0 Å². The van der Waals surface area contributed by atoms with Gasteiger partial charge in [0, 0.05) is 24.9 Å². The molecular formula is C12H26N2O3S. The van der Waals surface area contributed by atoms with Crippen LogP contribution >= 0.6 is 0 Å². The van der Waals surface area contributed by atoms with Crippen LogP contribution < -0.4 is 5.32 Å². The maximum absolute atomic E-state index is 11.4. The van der Waals surface area contributed by atoms with Gasteiger partial charge in [-0.25, -0.2) is 8.42 Å². The number of ether oxygens (including phenoxy) is 1. The summed E-state index contributed by atoms with van der Waals surface area (Å²) in [7, 11) is 1.16. The number of sulfone groups is 1. The number of likely N-dealkylation sites (N-methyl/N-ethyl adjacent to an activating group) is 2. The van der Waals surface area contributed by atoms with Gasteiger partial charge in [-0.15, -0.1) is 0 Å². The standard InChI is InChI=1S/C12H26N2O3S/c1-4-18(15,16)9-5-6-11(13-2)12-10-14(3)7-8-17-12/h11-13H,4-10H2,1-3H3. The first-order chi connectivity index (χ1) is 8.48. The van der Waals surface area contributed by atoms with Crippen LogP contribution in [-0.4, -0.2) is 70.8 Å².